The molecule has 2 aliphatic rings. The molecule has 1 aromatic rings. The molecule has 0 heterocycles. The first-order valence-electron chi connectivity index (χ1n) is 12.6. The van der Waals surface area contributed by atoms with Gasteiger partial charge >= 0.3 is 0 Å². The van der Waals surface area contributed by atoms with Crippen LogP contribution in [-0.2, 0) is 0 Å². The van der Waals surface area contributed by atoms with Crippen LogP contribution in [0.2, 0.25) is 0 Å². The van der Waals surface area contributed by atoms with Crippen LogP contribution in [0.3, 0.4) is 0 Å². The molecule has 1 aromatic carbocycles. The Morgan fingerprint density at radius 2 is 1.36 bits per heavy atom. The van der Waals surface area contributed by atoms with Crippen molar-refractivity contribution in [1.82, 2.24) is 0 Å². The number of unbranched alkanes of at least 4 members (excludes halogenated alkanes) is 4. The van der Waals surface area contributed by atoms with E-state index in [1.807, 2.05) is 0 Å². The number of allylic oxidation sites excluding steroid dienone is 2. The minimum Gasteiger partial charge on any atom is -0.0804 e. The molecule has 0 heteroatoms. The quantitative estimate of drug-likeness (QED) is 0.355. The van der Waals surface area contributed by atoms with Gasteiger partial charge in [0.15, 0.2) is 0 Å². The molecular formula is C28H44. The molecule has 1 unspecified atom stereocenters. The third-order valence-electron chi connectivity index (χ3n) is 7.55. The summed E-state index contributed by atoms with van der Waals surface area (Å²) < 4.78 is 0. The van der Waals surface area contributed by atoms with Gasteiger partial charge in [-0.3, -0.25) is 0 Å². The summed E-state index contributed by atoms with van der Waals surface area (Å²) in [6.45, 7) is 4.62. The zero-order valence-corrected chi connectivity index (χ0v) is 18.7. The zero-order valence-electron chi connectivity index (χ0n) is 18.7. The fraction of sp³-hybridized carbons (Fsp3) is 0.714. The minimum absolute atomic E-state index is 0.819. The van der Waals surface area contributed by atoms with E-state index < -0.39 is 0 Å². The van der Waals surface area contributed by atoms with Crippen LogP contribution in [0.15, 0.2) is 30.3 Å². The Kier molecular flexibility index (Phi) is 9.16. The molecule has 3 rings (SSSR count). The predicted octanol–water partition coefficient (Wildman–Crippen LogP) is 9.30. The van der Waals surface area contributed by atoms with Crippen molar-refractivity contribution < 1.29 is 0 Å². The van der Waals surface area contributed by atoms with Crippen LogP contribution in [0.5, 0.6) is 0 Å². The van der Waals surface area contributed by atoms with Gasteiger partial charge in [0.2, 0.25) is 0 Å². The van der Waals surface area contributed by atoms with Gasteiger partial charge in [0.05, 0.1) is 0 Å². The van der Waals surface area contributed by atoms with Gasteiger partial charge in [-0.05, 0) is 79.4 Å². The summed E-state index contributed by atoms with van der Waals surface area (Å²) in [6, 6.07) is 9.75. The third kappa shape index (κ3) is 6.50. The highest BCUT2D eigenvalue weighted by molar-refractivity contribution is 5.66. The van der Waals surface area contributed by atoms with E-state index >= 15 is 0 Å². The molecule has 28 heavy (non-hydrogen) atoms. The monoisotopic (exact) mass is 380 g/mol. The second kappa shape index (κ2) is 11.8. The number of rotatable bonds is 10. The first kappa shape index (κ1) is 21.7. The highest BCUT2D eigenvalue weighted by Gasteiger charge is 2.22. The van der Waals surface area contributed by atoms with Gasteiger partial charge in [-0.25, -0.2) is 0 Å². The van der Waals surface area contributed by atoms with Crippen molar-refractivity contribution in [2.24, 2.45) is 11.8 Å². The molecule has 0 nitrogen and oxygen atoms in total. The minimum atomic E-state index is 0.819. The van der Waals surface area contributed by atoms with Crippen LogP contribution >= 0.6 is 0 Å². The van der Waals surface area contributed by atoms with Crippen LogP contribution in [0.1, 0.15) is 127 Å². The molecule has 0 bridgehead atoms. The van der Waals surface area contributed by atoms with Gasteiger partial charge in [-0.1, -0.05) is 95.6 Å². The van der Waals surface area contributed by atoms with E-state index in [9.17, 15) is 0 Å². The topological polar surface area (TPSA) is 0 Å². The second-order valence-electron chi connectivity index (χ2n) is 9.70. The molecule has 0 aromatic heterocycles. The standard InChI is InChI=1S/C28H44/c1-3-5-7-9-23-11-15-25(16-12-23)27-19-21-28(22-20-27)26-17-13-24(14-18-26)10-8-6-4-2/h15,19-24,26H,3-14,16-18H2,1-2H3/t23?,24-,26-. The summed E-state index contributed by atoms with van der Waals surface area (Å²) in [6.07, 6.45) is 23.7. The molecule has 0 aliphatic heterocycles. The van der Waals surface area contributed by atoms with Gasteiger partial charge in [0.1, 0.15) is 0 Å². The van der Waals surface area contributed by atoms with Crippen LogP contribution in [0, 0.1) is 11.8 Å². The Morgan fingerprint density at radius 1 is 0.714 bits per heavy atom. The number of hydrogen-bond acceptors (Lipinski definition) is 0. The zero-order chi connectivity index (χ0) is 19.6. The van der Waals surface area contributed by atoms with Crippen molar-refractivity contribution >= 4 is 5.57 Å². The van der Waals surface area contributed by atoms with Crippen LogP contribution in [0.25, 0.3) is 5.57 Å². The smallest absolute Gasteiger partial charge is 0.0162 e. The van der Waals surface area contributed by atoms with E-state index in [0.717, 1.165) is 17.8 Å². The summed E-state index contributed by atoms with van der Waals surface area (Å²) in [5.41, 5.74) is 4.70. The summed E-state index contributed by atoms with van der Waals surface area (Å²) in [5, 5.41) is 0. The van der Waals surface area contributed by atoms with E-state index in [-0.39, 0.29) is 0 Å². The van der Waals surface area contributed by atoms with Gasteiger partial charge < -0.3 is 0 Å². The van der Waals surface area contributed by atoms with E-state index in [1.54, 1.807) is 11.1 Å². The van der Waals surface area contributed by atoms with E-state index in [0.29, 0.717) is 0 Å². The Hall–Kier alpha value is -1.04. The number of hydrogen-bond donors (Lipinski definition) is 0. The molecule has 156 valence electrons. The molecule has 0 saturated heterocycles. The fourth-order valence-corrected chi connectivity index (χ4v) is 5.53. The van der Waals surface area contributed by atoms with Gasteiger partial charge in [0, 0.05) is 0 Å². The average Bonchev–Trinajstić information content (AvgIpc) is 2.75. The van der Waals surface area contributed by atoms with Crippen LogP contribution in [0.4, 0.5) is 0 Å². The van der Waals surface area contributed by atoms with E-state index in [4.69, 9.17) is 0 Å². The summed E-state index contributed by atoms with van der Waals surface area (Å²) in [5.74, 6) is 2.78. The molecule has 0 spiro atoms. The molecule has 1 fully saturated rings. The lowest BCUT2D eigenvalue weighted by Gasteiger charge is -2.29. The lowest BCUT2D eigenvalue weighted by molar-refractivity contribution is 0.303. The van der Waals surface area contributed by atoms with E-state index in [2.05, 4.69) is 44.2 Å². The largest absolute Gasteiger partial charge is 0.0804 e. The second-order valence-corrected chi connectivity index (χ2v) is 9.70. The first-order valence-corrected chi connectivity index (χ1v) is 12.6. The van der Waals surface area contributed by atoms with Crippen molar-refractivity contribution in [3.8, 4) is 0 Å². The molecule has 2 aliphatic carbocycles. The molecule has 1 atom stereocenters. The normalized spacial score (nSPS) is 25.5. The van der Waals surface area contributed by atoms with Crippen LogP contribution < -0.4 is 0 Å². The number of benzene rings is 1. The average molecular weight is 381 g/mol. The Bertz CT molecular complexity index is 571. The maximum Gasteiger partial charge on any atom is -0.0162 e. The third-order valence-corrected chi connectivity index (χ3v) is 7.55. The van der Waals surface area contributed by atoms with Crippen molar-refractivity contribution in [3.63, 3.8) is 0 Å². The maximum absolute atomic E-state index is 2.55. The van der Waals surface area contributed by atoms with Crippen LogP contribution in [-0.4, -0.2) is 0 Å². The Balaban J connectivity index is 1.45. The maximum atomic E-state index is 2.55. The SMILES string of the molecule is CCCCCC1CC=C(c2ccc([C@H]3CC[C@H](CCCCC)CC3)cc2)CC1. The highest BCUT2D eigenvalue weighted by atomic mass is 14.3. The Labute approximate surface area is 175 Å². The molecule has 1 saturated carbocycles. The van der Waals surface area contributed by atoms with Gasteiger partial charge in [-0.2, -0.15) is 0 Å². The lowest BCUT2D eigenvalue weighted by Crippen LogP contribution is -2.13. The molecule has 0 radical (unpaired) electrons. The summed E-state index contributed by atoms with van der Waals surface area (Å²) >= 11 is 0. The van der Waals surface area contributed by atoms with Gasteiger partial charge in [-0.15, -0.1) is 0 Å². The van der Waals surface area contributed by atoms with Crippen molar-refractivity contribution in [2.45, 2.75) is 116 Å². The molecular weight excluding hydrogens is 336 g/mol. The van der Waals surface area contributed by atoms with Crippen molar-refractivity contribution in [3.05, 3.63) is 41.5 Å². The highest BCUT2D eigenvalue weighted by Crippen LogP contribution is 2.39. The molecule has 0 amide bonds. The predicted molar refractivity (Wildman–Crippen MR) is 125 cm³/mol. The van der Waals surface area contributed by atoms with Crippen molar-refractivity contribution in [1.29, 1.82) is 0 Å². The first-order chi connectivity index (χ1) is 13.8. The Morgan fingerprint density at radius 3 is 1.93 bits per heavy atom. The molecule has 0 N–H and O–H groups in total. The lowest BCUT2D eigenvalue weighted by atomic mass is 9.76. The summed E-state index contributed by atoms with van der Waals surface area (Å²) in [4.78, 5) is 0. The summed E-state index contributed by atoms with van der Waals surface area (Å²) in [7, 11) is 0. The van der Waals surface area contributed by atoms with Crippen molar-refractivity contribution in [2.75, 3.05) is 0 Å². The van der Waals surface area contributed by atoms with Gasteiger partial charge in [0.25, 0.3) is 0 Å². The fourth-order valence-electron chi connectivity index (χ4n) is 5.53. The van der Waals surface area contributed by atoms with E-state index in [1.165, 1.54) is 102 Å².